The molecule has 3 heterocycles. The highest BCUT2D eigenvalue weighted by Crippen LogP contribution is 2.35. The maximum Gasteiger partial charge on any atom is 0.347 e. The normalized spacial score (nSPS) is 16.4. The number of piperidine rings is 1. The van der Waals surface area contributed by atoms with Crippen molar-refractivity contribution >= 4 is 28.4 Å². The molecule has 2 aliphatic heterocycles. The van der Waals surface area contributed by atoms with Gasteiger partial charge in [-0.2, -0.15) is 0 Å². The van der Waals surface area contributed by atoms with Gasteiger partial charge in [0, 0.05) is 55.3 Å². The highest BCUT2D eigenvalue weighted by atomic mass is 16.5. The first-order valence-corrected chi connectivity index (χ1v) is 21.3. The third kappa shape index (κ3) is 9.56. The Hall–Kier alpha value is -6.37. The van der Waals surface area contributed by atoms with E-state index in [1.165, 1.54) is 17.7 Å². The zero-order valence-electron chi connectivity index (χ0n) is 34.6. The lowest BCUT2D eigenvalue weighted by molar-refractivity contribution is -0.164. The summed E-state index contributed by atoms with van der Waals surface area (Å²) in [6, 6.07) is 40.3. The summed E-state index contributed by atoms with van der Waals surface area (Å²) in [7, 11) is 0. The number of fused-ring (bicyclic) bond motifs is 1. The van der Waals surface area contributed by atoms with Gasteiger partial charge in [-0.1, -0.05) is 103 Å². The number of aromatic nitrogens is 1. The highest BCUT2D eigenvalue weighted by molar-refractivity contribution is 5.95. The summed E-state index contributed by atoms with van der Waals surface area (Å²) in [5, 5.41) is 37.2. The molecule has 1 saturated heterocycles. The molecule has 0 aliphatic carbocycles. The molecule has 2 atom stereocenters. The first-order valence-electron chi connectivity index (χ1n) is 21.3. The smallest absolute Gasteiger partial charge is 0.347 e. The van der Waals surface area contributed by atoms with E-state index < -0.39 is 17.7 Å². The number of esters is 1. The van der Waals surface area contributed by atoms with E-state index in [2.05, 4.69) is 39.5 Å². The summed E-state index contributed by atoms with van der Waals surface area (Å²) in [5.74, 6) is -0.618. The molecule has 5 N–H and O–H groups in total. The van der Waals surface area contributed by atoms with Crippen molar-refractivity contribution in [2.45, 2.75) is 44.1 Å². The first kappa shape index (κ1) is 42.3. The first-order chi connectivity index (χ1) is 30.2. The number of pyridine rings is 1. The molecule has 0 saturated carbocycles. The van der Waals surface area contributed by atoms with Crippen LogP contribution in [0.25, 0.3) is 16.5 Å². The molecule has 62 heavy (non-hydrogen) atoms. The number of amides is 1. The van der Waals surface area contributed by atoms with E-state index in [1.807, 2.05) is 48.5 Å². The number of phenols is 1. The maximum atomic E-state index is 14.0. The number of likely N-dealkylation sites (tertiary alicyclic amines) is 1. The van der Waals surface area contributed by atoms with Crippen molar-refractivity contribution in [2.24, 2.45) is 5.92 Å². The molecule has 1 fully saturated rings. The minimum atomic E-state index is -2.01. The molecule has 8 rings (SSSR count). The van der Waals surface area contributed by atoms with Crippen LogP contribution in [0.3, 0.4) is 0 Å². The van der Waals surface area contributed by atoms with Gasteiger partial charge in [0.25, 0.3) is 5.91 Å². The summed E-state index contributed by atoms with van der Waals surface area (Å²) in [4.78, 5) is 46.2. The van der Waals surface area contributed by atoms with E-state index >= 15 is 0 Å². The molecule has 11 nitrogen and oxygen atoms in total. The quantitative estimate of drug-likeness (QED) is 0.0757. The van der Waals surface area contributed by atoms with Crippen LogP contribution in [0.1, 0.15) is 69.1 Å². The van der Waals surface area contributed by atoms with Gasteiger partial charge in [-0.3, -0.25) is 14.5 Å². The average molecular weight is 833 g/mol. The largest absolute Gasteiger partial charge is 0.506 e. The number of aliphatic hydroxyl groups excluding tert-OH is 1. The molecular formula is C51H52N4O7. The van der Waals surface area contributed by atoms with E-state index in [9.17, 15) is 29.7 Å². The van der Waals surface area contributed by atoms with E-state index in [0.717, 1.165) is 49.2 Å². The Morgan fingerprint density at radius 1 is 0.823 bits per heavy atom. The van der Waals surface area contributed by atoms with Crippen molar-refractivity contribution in [3.05, 3.63) is 189 Å². The number of phenolic OH excluding ortho intramolecular Hbond substituents is 1. The predicted octanol–water partition coefficient (Wildman–Crippen LogP) is 6.68. The minimum absolute atomic E-state index is 0.0622. The summed E-state index contributed by atoms with van der Waals surface area (Å²) in [6.45, 7) is 4.60. The van der Waals surface area contributed by atoms with E-state index in [1.54, 1.807) is 59.5 Å². The highest BCUT2D eigenvalue weighted by Gasteiger charge is 2.42. The lowest BCUT2D eigenvalue weighted by Crippen LogP contribution is -2.40. The third-order valence-electron chi connectivity index (χ3n) is 12.2. The second kappa shape index (κ2) is 19.1. The third-order valence-corrected chi connectivity index (χ3v) is 12.2. The van der Waals surface area contributed by atoms with Gasteiger partial charge >= 0.3 is 5.97 Å². The summed E-state index contributed by atoms with van der Waals surface area (Å²) < 4.78 is 5.95. The molecular weight excluding hydrogens is 781 g/mol. The number of nitrogens with one attached hydrogen (secondary N) is 2. The van der Waals surface area contributed by atoms with Crippen molar-refractivity contribution in [1.82, 2.24) is 20.1 Å². The van der Waals surface area contributed by atoms with Gasteiger partial charge < -0.3 is 35.3 Å². The zero-order valence-corrected chi connectivity index (χ0v) is 34.6. The topological polar surface area (TPSA) is 155 Å². The number of ether oxygens (including phenoxy) is 1. The Balaban J connectivity index is 0.864. The number of H-pyrrole nitrogens is 1. The second-order valence-corrected chi connectivity index (χ2v) is 16.3. The molecule has 6 aromatic rings. The number of benzene rings is 5. The van der Waals surface area contributed by atoms with Crippen LogP contribution in [0.5, 0.6) is 5.75 Å². The number of carbonyl (C=O) groups is 2. The number of hydrogen-bond donors (Lipinski definition) is 5. The minimum Gasteiger partial charge on any atom is -0.506 e. The number of aromatic amines is 1. The van der Waals surface area contributed by atoms with Crippen LogP contribution in [-0.4, -0.2) is 81.3 Å². The number of hydrogen-bond acceptors (Lipinski definition) is 9. The Morgan fingerprint density at radius 3 is 2.27 bits per heavy atom. The van der Waals surface area contributed by atoms with E-state index in [-0.39, 0.29) is 41.8 Å². The van der Waals surface area contributed by atoms with Crippen molar-refractivity contribution in [3.8, 4) is 5.75 Å². The molecule has 0 radical (unpaired) electrons. The van der Waals surface area contributed by atoms with Crippen LogP contribution >= 0.6 is 0 Å². The Bertz CT molecular complexity index is 2590. The van der Waals surface area contributed by atoms with E-state index in [4.69, 9.17) is 4.74 Å². The average Bonchev–Trinajstić information content (AvgIpc) is 3.32. The number of nitrogens with zero attached hydrogens (tertiary/aromatic N) is 2. The zero-order chi connectivity index (χ0) is 43.1. The van der Waals surface area contributed by atoms with Gasteiger partial charge in [0.2, 0.25) is 11.2 Å². The molecule has 5 aromatic carbocycles. The Kier molecular flexibility index (Phi) is 13.1. The lowest BCUT2D eigenvalue weighted by atomic mass is 9.84. The van der Waals surface area contributed by atoms with Crippen LogP contribution in [0, 0.1) is 5.92 Å². The predicted molar refractivity (Wildman–Crippen MR) is 239 cm³/mol. The maximum absolute atomic E-state index is 14.0. The number of rotatable bonds is 14. The van der Waals surface area contributed by atoms with Gasteiger partial charge in [0.05, 0.1) is 18.2 Å². The second-order valence-electron chi connectivity index (χ2n) is 16.3. The number of carbonyl (C=O) groups excluding carboxylic acids is 2. The number of aromatic hydroxyl groups is 1. The van der Waals surface area contributed by atoms with Crippen molar-refractivity contribution < 1.29 is 29.6 Å². The SMILES string of the molecule is O=C(c1ccc(CNC[C@H](O)c2ccc(O)c3[nH]c(=O)ccc23)cc1)N1CC=C(c2cccc([C@](O)(C(=O)OCC3CCN(Cc4ccccc4)CC3)c3ccccc3)c2)CC1. The Morgan fingerprint density at radius 2 is 1.55 bits per heavy atom. The van der Waals surface area contributed by atoms with Gasteiger partial charge in [-0.05, 0) is 102 Å². The number of aliphatic hydroxyl groups is 2. The summed E-state index contributed by atoms with van der Waals surface area (Å²) in [6.07, 6.45) is 3.57. The van der Waals surface area contributed by atoms with Gasteiger partial charge in [-0.25, -0.2) is 4.79 Å². The van der Waals surface area contributed by atoms with Gasteiger partial charge in [0.1, 0.15) is 5.75 Å². The summed E-state index contributed by atoms with van der Waals surface area (Å²) in [5.41, 5.74) is 4.09. The van der Waals surface area contributed by atoms with Crippen molar-refractivity contribution in [2.75, 3.05) is 39.3 Å². The molecule has 2 aliphatic rings. The molecule has 1 aromatic heterocycles. The van der Waals surface area contributed by atoms with Crippen LogP contribution < -0.4 is 10.9 Å². The molecule has 1 amide bonds. The standard InChI is InChI=1S/C51H52N4O7/c56-45-20-18-43(44-19-21-47(58)53-48(44)45)46(57)32-52-31-35-14-16-39(17-15-35)49(59)55-28-24-38(25-29-55)40-10-7-13-42(30-40)51(61,41-11-5-2-6-12-41)50(60)62-34-37-22-26-54(27-23-37)33-36-8-3-1-4-9-36/h1-21,24,30,37,46,52,56-57,61H,22-23,25-29,31-34H2,(H,53,58)/t46-,51-/m0/s1. The van der Waals surface area contributed by atoms with Gasteiger partial charge in [-0.15, -0.1) is 0 Å². The van der Waals surface area contributed by atoms with Crippen LogP contribution in [0.2, 0.25) is 0 Å². The Labute approximate surface area is 360 Å². The molecule has 0 spiro atoms. The molecule has 318 valence electrons. The van der Waals surface area contributed by atoms with Crippen LogP contribution in [-0.2, 0) is 28.2 Å². The van der Waals surface area contributed by atoms with Crippen LogP contribution in [0.15, 0.2) is 144 Å². The molecule has 0 unspecified atom stereocenters. The van der Waals surface area contributed by atoms with Gasteiger partial charge in [0.15, 0.2) is 0 Å². The van der Waals surface area contributed by atoms with E-state index in [0.29, 0.717) is 53.7 Å². The monoisotopic (exact) mass is 832 g/mol. The van der Waals surface area contributed by atoms with Crippen LogP contribution in [0.4, 0.5) is 0 Å². The molecule has 0 bridgehead atoms. The molecule has 11 heteroatoms. The van der Waals surface area contributed by atoms with Crippen molar-refractivity contribution in [1.29, 1.82) is 0 Å². The summed E-state index contributed by atoms with van der Waals surface area (Å²) >= 11 is 0. The van der Waals surface area contributed by atoms with Crippen molar-refractivity contribution in [3.63, 3.8) is 0 Å². The fourth-order valence-electron chi connectivity index (χ4n) is 8.55. The fraction of sp³-hybridized carbons (Fsp3) is 0.275. The lowest BCUT2D eigenvalue weighted by Gasteiger charge is -2.33. The fourth-order valence-corrected chi connectivity index (χ4v) is 8.55.